The lowest BCUT2D eigenvalue weighted by Gasteiger charge is -2.25. The second-order valence-electron chi connectivity index (χ2n) is 5.37. The average molecular weight is 278 g/mol. The molecule has 0 fully saturated rings. The maximum absolute atomic E-state index is 9.64. The zero-order valence-corrected chi connectivity index (χ0v) is 11.7. The molecular formula is C19H18O2. The van der Waals surface area contributed by atoms with Crippen LogP contribution in [0.2, 0.25) is 0 Å². The Morgan fingerprint density at radius 2 is 1.33 bits per heavy atom. The molecule has 106 valence electrons. The Labute approximate surface area is 124 Å². The highest BCUT2D eigenvalue weighted by Crippen LogP contribution is 2.35. The molecule has 2 heteroatoms. The van der Waals surface area contributed by atoms with Gasteiger partial charge in [0.25, 0.3) is 0 Å². The lowest BCUT2D eigenvalue weighted by atomic mass is 9.82. The SMILES string of the molecule is OC1(O)C=CC(C(c2ccccc2)c2ccccc2)=CC1. The summed E-state index contributed by atoms with van der Waals surface area (Å²) in [7, 11) is 0. The van der Waals surface area contributed by atoms with Crippen LogP contribution in [0.3, 0.4) is 0 Å². The minimum atomic E-state index is -1.72. The van der Waals surface area contributed by atoms with Crippen LogP contribution >= 0.6 is 0 Å². The normalized spacial score (nSPS) is 16.8. The van der Waals surface area contributed by atoms with Gasteiger partial charge >= 0.3 is 0 Å². The zero-order valence-electron chi connectivity index (χ0n) is 11.7. The minimum absolute atomic E-state index is 0.111. The Bertz CT molecular complexity index is 615. The Morgan fingerprint density at radius 1 is 0.810 bits per heavy atom. The summed E-state index contributed by atoms with van der Waals surface area (Å²) in [6.07, 6.45) is 5.40. The van der Waals surface area contributed by atoms with Crippen LogP contribution in [-0.4, -0.2) is 16.0 Å². The molecular weight excluding hydrogens is 260 g/mol. The molecule has 0 radical (unpaired) electrons. The number of hydrogen-bond acceptors (Lipinski definition) is 2. The first-order valence-electron chi connectivity index (χ1n) is 7.10. The number of allylic oxidation sites excluding steroid dienone is 2. The quantitative estimate of drug-likeness (QED) is 0.845. The summed E-state index contributed by atoms with van der Waals surface area (Å²) >= 11 is 0. The molecule has 0 saturated heterocycles. The number of benzene rings is 2. The van der Waals surface area contributed by atoms with Gasteiger partial charge in [0.15, 0.2) is 5.79 Å². The van der Waals surface area contributed by atoms with Gasteiger partial charge in [-0.15, -0.1) is 0 Å². The molecule has 2 aromatic carbocycles. The van der Waals surface area contributed by atoms with Crippen molar-refractivity contribution in [1.29, 1.82) is 0 Å². The molecule has 2 N–H and O–H groups in total. The molecule has 21 heavy (non-hydrogen) atoms. The third-order valence-electron chi connectivity index (χ3n) is 3.78. The van der Waals surface area contributed by atoms with E-state index in [1.165, 1.54) is 17.2 Å². The molecule has 0 spiro atoms. The fraction of sp³-hybridized carbons (Fsp3) is 0.158. The van der Waals surface area contributed by atoms with Crippen molar-refractivity contribution in [2.75, 3.05) is 0 Å². The van der Waals surface area contributed by atoms with E-state index < -0.39 is 5.79 Å². The highest BCUT2D eigenvalue weighted by Gasteiger charge is 2.25. The predicted molar refractivity (Wildman–Crippen MR) is 83.7 cm³/mol. The van der Waals surface area contributed by atoms with Crippen molar-refractivity contribution in [2.45, 2.75) is 18.1 Å². The van der Waals surface area contributed by atoms with Crippen LogP contribution in [0.5, 0.6) is 0 Å². The van der Waals surface area contributed by atoms with Gasteiger partial charge in [0.1, 0.15) is 0 Å². The summed E-state index contributed by atoms with van der Waals surface area (Å²) in [6, 6.07) is 20.5. The van der Waals surface area contributed by atoms with Gasteiger partial charge in [0.2, 0.25) is 0 Å². The van der Waals surface area contributed by atoms with Crippen molar-refractivity contribution in [3.8, 4) is 0 Å². The molecule has 2 aromatic rings. The molecule has 0 bridgehead atoms. The zero-order chi connectivity index (χ0) is 14.7. The van der Waals surface area contributed by atoms with E-state index in [1.807, 2.05) is 48.6 Å². The second kappa shape index (κ2) is 5.68. The van der Waals surface area contributed by atoms with Crippen molar-refractivity contribution >= 4 is 0 Å². The van der Waals surface area contributed by atoms with Crippen LogP contribution in [0, 0.1) is 0 Å². The Balaban J connectivity index is 2.03. The lowest BCUT2D eigenvalue weighted by molar-refractivity contribution is -0.115. The Morgan fingerprint density at radius 3 is 1.76 bits per heavy atom. The molecule has 0 aliphatic heterocycles. The molecule has 0 unspecified atom stereocenters. The van der Waals surface area contributed by atoms with Crippen LogP contribution in [0.4, 0.5) is 0 Å². The van der Waals surface area contributed by atoms with E-state index >= 15 is 0 Å². The van der Waals surface area contributed by atoms with Gasteiger partial charge in [-0.1, -0.05) is 72.8 Å². The summed E-state index contributed by atoms with van der Waals surface area (Å²) in [5, 5.41) is 19.3. The maximum atomic E-state index is 9.64. The summed E-state index contributed by atoms with van der Waals surface area (Å²) < 4.78 is 0. The van der Waals surface area contributed by atoms with E-state index in [0.717, 1.165) is 5.57 Å². The molecule has 0 heterocycles. The second-order valence-corrected chi connectivity index (χ2v) is 5.37. The van der Waals surface area contributed by atoms with Gasteiger partial charge in [-0.05, 0) is 22.8 Å². The van der Waals surface area contributed by atoms with Gasteiger partial charge in [-0.2, -0.15) is 0 Å². The lowest BCUT2D eigenvalue weighted by Crippen LogP contribution is -2.26. The Hall–Kier alpha value is -2.16. The highest BCUT2D eigenvalue weighted by molar-refractivity contribution is 5.46. The van der Waals surface area contributed by atoms with E-state index in [2.05, 4.69) is 24.3 Å². The monoisotopic (exact) mass is 278 g/mol. The predicted octanol–water partition coefficient (Wildman–Crippen LogP) is 3.39. The van der Waals surface area contributed by atoms with Crippen LogP contribution in [0.1, 0.15) is 23.5 Å². The van der Waals surface area contributed by atoms with Crippen molar-refractivity contribution in [3.63, 3.8) is 0 Å². The van der Waals surface area contributed by atoms with Crippen LogP contribution in [0.25, 0.3) is 0 Å². The molecule has 2 nitrogen and oxygen atoms in total. The van der Waals surface area contributed by atoms with Crippen LogP contribution in [0.15, 0.2) is 84.5 Å². The van der Waals surface area contributed by atoms with Gasteiger partial charge in [0.05, 0.1) is 0 Å². The molecule has 0 aromatic heterocycles. The van der Waals surface area contributed by atoms with E-state index in [9.17, 15) is 10.2 Å². The van der Waals surface area contributed by atoms with E-state index in [1.54, 1.807) is 0 Å². The first-order chi connectivity index (χ1) is 10.2. The van der Waals surface area contributed by atoms with Crippen LogP contribution < -0.4 is 0 Å². The van der Waals surface area contributed by atoms with Crippen molar-refractivity contribution in [1.82, 2.24) is 0 Å². The molecule has 3 rings (SSSR count). The van der Waals surface area contributed by atoms with Crippen molar-refractivity contribution < 1.29 is 10.2 Å². The van der Waals surface area contributed by atoms with Crippen molar-refractivity contribution in [2.24, 2.45) is 0 Å². The van der Waals surface area contributed by atoms with E-state index in [4.69, 9.17) is 0 Å². The van der Waals surface area contributed by atoms with Gasteiger partial charge in [0, 0.05) is 12.3 Å². The maximum Gasteiger partial charge on any atom is 0.186 e. The van der Waals surface area contributed by atoms with Gasteiger partial charge in [-0.3, -0.25) is 0 Å². The highest BCUT2D eigenvalue weighted by atomic mass is 16.5. The average Bonchev–Trinajstić information content (AvgIpc) is 2.51. The third kappa shape index (κ3) is 3.13. The summed E-state index contributed by atoms with van der Waals surface area (Å²) in [5.41, 5.74) is 3.48. The Kier molecular flexibility index (Phi) is 3.74. The molecule has 0 saturated carbocycles. The number of rotatable bonds is 3. The molecule has 0 amide bonds. The minimum Gasteiger partial charge on any atom is -0.362 e. The van der Waals surface area contributed by atoms with E-state index in [0.29, 0.717) is 0 Å². The summed E-state index contributed by atoms with van der Waals surface area (Å²) in [6.45, 7) is 0. The van der Waals surface area contributed by atoms with Crippen LogP contribution in [-0.2, 0) is 0 Å². The topological polar surface area (TPSA) is 40.5 Å². The molecule has 0 atom stereocenters. The van der Waals surface area contributed by atoms with Gasteiger partial charge < -0.3 is 10.2 Å². The fourth-order valence-electron chi connectivity index (χ4n) is 2.72. The standard InChI is InChI=1S/C19H18O2/c20-19(21)13-11-17(12-14-19)18(15-7-3-1-4-8-15)16-9-5-2-6-10-16/h1-13,18,20-21H,14H2. The molecule has 1 aliphatic rings. The molecule has 1 aliphatic carbocycles. The number of aliphatic hydroxyl groups is 2. The first-order valence-corrected chi connectivity index (χ1v) is 7.10. The smallest absolute Gasteiger partial charge is 0.186 e. The summed E-state index contributed by atoms with van der Waals surface area (Å²) in [5.74, 6) is -1.61. The third-order valence-corrected chi connectivity index (χ3v) is 3.78. The van der Waals surface area contributed by atoms with Crippen molar-refractivity contribution in [3.05, 3.63) is 95.6 Å². The first kappa shape index (κ1) is 13.8. The van der Waals surface area contributed by atoms with Gasteiger partial charge in [-0.25, -0.2) is 0 Å². The largest absolute Gasteiger partial charge is 0.362 e. The van der Waals surface area contributed by atoms with E-state index in [-0.39, 0.29) is 12.3 Å². The fourth-order valence-corrected chi connectivity index (χ4v) is 2.72. The summed E-state index contributed by atoms with van der Waals surface area (Å²) in [4.78, 5) is 0. The number of hydrogen-bond donors (Lipinski definition) is 2.